The molecule has 0 rings (SSSR count). The maximum Gasteiger partial charge on any atom is 0.242 e. The molecule has 0 aromatic heterocycles. The van der Waals surface area contributed by atoms with Crippen molar-refractivity contribution in [1.82, 2.24) is 52.1 Å². The Bertz CT molecular complexity index is 537. The van der Waals surface area contributed by atoms with Crippen LogP contribution in [-0.2, 0) is 97.7 Å². The molecule has 25 heteroatoms. The SMILES string of the molecule is C=O.C=O.C=O.C=O.C=O.C=O.CC(C)(C)[C-]=O.CCCN(O)C(C)=O.CCCN(O)C(C)=O.CCCN(O)C(C)=O.F.N.N.N.N.N.N.[CH2-]C.[Fe].[Y]. The maximum atomic E-state index is 10.2. The minimum atomic E-state index is -0.299. The first-order chi connectivity index (χ1) is 20.6. The molecule has 0 spiro atoms. The van der Waals surface area contributed by atoms with E-state index in [1.165, 1.54) is 20.8 Å². The number of carbonyl (C=O) groups is 9. The summed E-state index contributed by atoms with van der Waals surface area (Å²) in [6.45, 7) is 33.4. The van der Waals surface area contributed by atoms with E-state index < -0.39 is 0 Å². The van der Waals surface area contributed by atoms with Crippen LogP contribution in [0.4, 0.5) is 4.70 Å². The Labute approximate surface area is 353 Å². The van der Waals surface area contributed by atoms with Gasteiger partial charge in [0.05, 0.1) is 0 Å². The van der Waals surface area contributed by atoms with E-state index in [1.54, 1.807) is 6.92 Å². The van der Waals surface area contributed by atoms with Gasteiger partial charge in [0, 0.05) is 90.2 Å². The van der Waals surface area contributed by atoms with Gasteiger partial charge in [-0.15, -0.1) is 5.41 Å². The van der Waals surface area contributed by atoms with E-state index in [-0.39, 0.29) is 115 Å². The molecule has 0 unspecified atom stereocenters. The maximum absolute atomic E-state index is 10.2. The zero-order chi connectivity index (χ0) is 38.9. The van der Waals surface area contributed by atoms with Crippen LogP contribution in [0.1, 0.15) is 88.5 Å². The molecule has 0 atom stereocenters. The topological polar surface area (TPSA) is 451 Å². The number of amides is 3. The Balaban J connectivity index is -0.0000000130. The standard InChI is InChI=1S/3C5H11NO2.C5H9O.C2H5.6CH2O.FH.Fe.6H3N.Y/c3*1-3-4-6(8)5(2)7;1-5(2,3)4-6;7*1-2;;;;;;;;;/h3*8H,3-4H2,1-2H3;1-3H3;1H2,2H3;6*1H2;1H;;6*1H3;/q;;;2*-1;;;;;;;;;;;;;;;. The summed E-state index contributed by atoms with van der Waals surface area (Å²) in [4.78, 5) is 88.3. The van der Waals surface area contributed by atoms with Gasteiger partial charge in [-0.3, -0.25) is 41.0 Å². The Hall–Kier alpha value is -2.71. The number of hydrogen-bond acceptors (Lipinski definition) is 19. The van der Waals surface area contributed by atoms with Crippen molar-refractivity contribution in [3.05, 3.63) is 6.92 Å². The van der Waals surface area contributed by atoms with Crippen molar-refractivity contribution in [2.75, 3.05) is 19.6 Å². The van der Waals surface area contributed by atoms with Gasteiger partial charge in [-0.1, -0.05) is 41.5 Å². The van der Waals surface area contributed by atoms with Crippen LogP contribution < -0.4 is 36.9 Å². The van der Waals surface area contributed by atoms with E-state index in [2.05, 4.69) is 6.92 Å². The van der Waals surface area contributed by atoms with E-state index in [1.807, 2.05) is 88.6 Å². The summed E-state index contributed by atoms with van der Waals surface area (Å²) in [5.41, 5.74) is -0.264. The molecule has 0 bridgehead atoms. The van der Waals surface area contributed by atoms with Crippen molar-refractivity contribution < 1.29 is 118 Å². The number of hydroxylamine groups is 6. The molecular formula is C28H78FFeN9O13Y-2. The van der Waals surface area contributed by atoms with Gasteiger partial charge in [-0.2, -0.15) is 6.92 Å². The molecule has 21 N–H and O–H groups in total. The van der Waals surface area contributed by atoms with Crippen LogP contribution in [0.2, 0.25) is 0 Å². The van der Waals surface area contributed by atoms with Crippen LogP contribution in [0.15, 0.2) is 0 Å². The van der Waals surface area contributed by atoms with Crippen LogP contribution in [0.25, 0.3) is 0 Å². The molecule has 0 aromatic rings. The van der Waals surface area contributed by atoms with E-state index in [9.17, 15) is 19.2 Å². The summed E-state index contributed by atoms with van der Waals surface area (Å²) in [5, 5.41) is 28.0. The number of carbonyl (C=O) groups excluding carboxylic acids is 10. The van der Waals surface area contributed by atoms with Crippen LogP contribution in [0, 0.1) is 12.3 Å². The van der Waals surface area contributed by atoms with Crippen molar-refractivity contribution in [2.45, 2.75) is 88.5 Å². The summed E-state index contributed by atoms with van der Waals surface area (Å²) in [5.74, 6) is -0.898. The molecule has 0 saturated heterocycles. The Kier molecular flexibility index (Phi) is 361. The summed E-state index contributed by atoms with van der Waals surface area (Å²) < 4.78 is 0. The molecule has 0 fully saturated rings. The van der Waals surface area contributed by atoms with E-state index in [4.69, 9.17) is 44.4 Å². The number of nitrogens with zero attached hydrogens (tertiary/aromatic N) is 3. The molecule has 333 valence electrons. The molecule has 1 radical (unpaired) electrons. The number of halogens is 1. The molecule has 0 aliphatic carbocycles. The normalized spacial score (nSPS) is 5.85. The predicted octanol–water partition coefficient (Wildman–Crippen LogP) is 3.89. The van der Waals surface area contributed by atoms with Crippen molar-refractivity contribution in [3.8, 4) is 0 Å². The average Bonchev–Trinajstić information content (AvgIpc) is 3.05. The fourth-order valence-corrected chi connectivity index (χ4v) is 1.11. The molecule has 0 heterocycles. The van der Waals surface area contributed by atoms with Gasteiger partial charge in [0.25, 0.3) is 0 Å². The van der Waals surface area contributed by atoms with E-state index in [0.29, 0.717) is 34.8 Å². The Morgan fingerprint density at radius 1 is 0.528 bits per heavy atom. The minimum Gasteiger partial charge on any atom is -0.541 e. The second-order valence-electron chi connectivity index (χ2n) is 7.28. The monoisotopic (exact) mass is 912 g/mol. The zero-order valence-electron chi connectivity index (χ0n) is 34.0. The van der Waals surface area contributed by atoms with Crippen LogP contribution in [-0.4, -0.2) is 115 Å². The second-order valence-corrected chi connectivity index (χ2v) is 7.28. The first-order valence-electron chi connectivity index (χ1n) is 12.3. The Morgan fingerprint density at radius 3 is 0.642 bits per heavy atom. The van der Waals surface area contributed by atoms with Crippen molar-refractivity contribution in [3.63, 3.8) is 0 Å². The molecule has 53 heavy (non-hydrogen) atoms. The van der Waals surface area contributed by atoms with Crippen molar-refractivity contribution in [1.29, 1.82) is 0 Å². The van der Waals surface area contributed by atoms with Crippen LogP contribution in [0.5, 0.6) is 0 Å². The average molecular weight is 913 g/mol. The van der Waals surface area contributed by atoms with Gasteiger partial charge in [0.2, 0.25) is 17.7 Å². The predicted molar refractivity (Wildman–Crippen MR) is 200 cm³/mol. The molecule has 0 saturated carbocycles. The third kappa shape index (κ3) is 243. The van der Waals surface area contributed by atoms with Gasteiger partial charge in [0.1, 0.15) is 40.7 Å². The molecule has 0 aliphatic rings. The van der Waals surface area contributed by atoms with Crippen molar-refractivity contribution in [2.24, 2.45) is 5.41 Å². The first-order valence-corrected chi connectivity index (χ1v) is 12.3. The van der Waals surface area contributed by atoms with Crippen molar-refractivity contribution >= 4 is 64.7 Å². The summed E-state index contributed by atoms with van der Waals surface area (Å²) in [7, 11) is 0. The quantitative estimate of drug-likeness (QED) is 0.0789. The van der Waals surface area contributed by atoms with Gasteiger partial charge in [-0.25, -0.2) is 15.2 Å². The largest absolute Gasteiger partial charge is 0.541 e. The van der Waals surface area contributed by atoms with Gasteiger partial charge in [-0.05, 0) is 19.3 Å². The van der Waals surface area contributed by atoms with Crippen LogP contribution >= 0.6 is 0 Å². The number of rotatable bonds is 6. The number of hydrogen-bond donors (Lipinski definition) is 9. The summed E-state index contributed by atoms with van der Waals surface area (Å²) >= 11 is 0. The zero-order valence-corrected chi connectivity index (χ0v) is 38.0. The fourth-order valence-electron chi connectivity index (χ4n) is 1.11. The third-order valence-electron chi connectivity index (χ3n) is 2.70. The molecular weight excluding hydrogens is 834 g/mol. The van der Waals surface area contributed by atoms with Crippen LogP contribution in [0.3, 0.4) is 0 Å². The Morgan fingerprint density at radius 2 is 0.623 bits per heavy atom. The molecule has 0 aromatic carbocycles. The smallest absolute Gasteiger partial charge is 0.242 e. The molecule has 3 amide bonds. The summed E-state index contributed by atoms with van der Waals surface area (Å²) in [6.07, 6.45) is 4.22. The van der Waals surface area contributed by atoms with Gasteiger partial charge in [0.15, 0.2) is 0 Å². The fraction of sp³-hybridized carbons (Fsp3) is 0.607. The third-order valence-corrected chi connectivity index (χ3v) is 2.70. The molecule has 22 nitrogen and oxygen atoms in total. The first kappa shape index (κ1) is 133. The van der Waals surface area contributed by atoms with E-state index >= 15 is 0 Å². The summed E-state index contributed by atoms with van der Waals surface area (Å²) in [6, 6.07) is 0. The second kappa shape index (κ2) is 144. The molecule has 0 aliphatic heterocycles. The van der Waals surface area contributed by atoms with Gasteiger partial charge < -0.3 is 77.4 Å². The van der Waals surface area contributed by atoms with E-state index in [0.717, 1.165) is 19.3 Å². The van der Waals surface area contributed by atoms with Gasteiger partial charge >= 0.3 is 0 Å². The minimum absolute atomic E-state index is 0.